The number of amides is 1. The number of carbonyl (C=O) groups excluding carboxylic acids is 1. The van der Waals surface area contributed by atoms with Crippen LogP contribution in [0.3, 0.4) is 0 Å². The number of benzene rings is 2. The van der Waals surface area contributed by atoms with Crippen molar-refractivity contribution in [2.75, 3.05) is 5.32 Å². The lowest BCUT2D eigenvalue weighted by Crippen LogP contribution is -2.11. The Morgan fingerprint density at radius 2 is 2.05 bits per heavy atom. The number of anilines is 1. The first kappa shape index (κ1) is 12.2. The summed E-state index contributed by atoms with van der Waals surface area (Å²) in [6.45, 7) is 1.76. The molecule has 20 heavy (non-hydrogen) atoms. The molecule has 1 aromatic heterocycles. The molecular weight excluding hydrogens is 256 g/mol. The van der Waals surface area contributed by atoms with E-state index in [1.807, 2.05) is 18.2 Å². The van der Waals surface area contributed by atoms with Gasteiger partial charge in [-0.3, -0.25) is 10.1 Å². The zero-order chi connectivity index (χ0) is 14.1. The number of carbonyl (C=O) groups is 1. The van der Waals surface area contributed by atoms with Crippen LogP contribution in [0.5, 0.6) is 5.75 Å². The van der Waals surface area contributed by atoms with E-state index in [1.165, 1.54) is 0 Å². The van der Waals surface area contributed by atoms with Crippen molar-refractivity contribution in [3.05, 3.63) is 53.7 Å². The first-order valence-corrected chi connectivity index (χ1v) is 6.10. The molecule has 0 fully saturated rings. The molecule has 0 bridgehead atoms. The van der Waals surface area contributed by atoms with Crippen molar-refractivity contribution < 1.29 is 14.4 Å². The van der Waals surface area contributed by atoms with Crippen LogP contribution in [0.4, 0.5) is 5.88 Å². The van der Waals surface area contributed by atoms with Gasteiger partial charge in [0.25, 0.3) is 5.91 Å². The third kappa shape index (κ3) is 2.09. The van der Waals surface area contributed by atoms with Gasteiger partial charge >= 0.3 is 0 Å². The fourth-order valence-corrected chi connectivity index (χ4v) is 2.04. The number of rotatable bonds is 2. The van der Waals surface area contributed by atoms with E-state index in [4.69, 9.17) is 4.52 Å². The second-order valence-electron chi connectivity index (χ2n) is 4.47. The van der Waals surface area contributed by atoms with Crippen molar-refractivity contribution in [1.82, 2.24) is 5.16 Å². The number of aromatic nitrogens is 1. The lowest BCUT2D eigenvalue weighted by molar-refractivity contribution is 0.102. The van der Waals surface area contributed by atoms with Crippen LogP contribution < -0.4 is 5.32 Å². The van der Waals surface area contributed by atoms with E-state index in [1.54, 1.807) is 31.2 Å². The summed E-state index contributed by atoms with van der Waals surface area (Å²) in [5.74, 6) is -0.235. The van der Waals surface area contributed by atoms with E-state index in [2.05, 4.69) is 10.5 Å². The summed E-state index contributed by atoms with van der Waals surface area (Å²) >= 11 is 0. The normalized spacial score (nSPS) is 10.7. The molecule has 0 unspecified atom stereocenters. The number of hydrogen-bond acceptors (Lipinski definition) is 4. The standard InChI is InChI=1S/C15H12N2O3/c1-9-8-13(20-17-9)16-15(19)12-7-6-10-4-2-3-5-11(10)14(12)18/h2-8,18H,1H3,(H,16,19). The number of phenols is 1. The van der Waals surface area contributed by atoms with Crippen LogP contribution in [0.2, 0.25) is 0 Å². The van der Waals surface area contributed by atoms with Crippen LogP contribution in [-0.2, 0) is 0 Å². The van der Waals surface area contributed by atoms with Gasteiger partial charge in [0.2, 0.25) is 5.88 Å². The number of aryl methyl sites for hydroxylation is 1. The molecule has 0 aliphatic carbocycles. The Balaban J connectivity index is 1.97. The molecule has 0 saturated heterocycles. The minimum Gasteiger partial charge on any atom is -0.506 e. The number of fused-ring (bicyclic) bond motifs is 1. The van der Waals surface area contributed by atoms with Crippen LogP contribution in [-0.4, -0.2) is 16.2 Å². The molecule has 2 N–H and O–H groups in total. The minimum atomic E-state index is -0.440. The Bertz CT molecular complexity index is 793. The van der Waals surface area contributed by atoms with Gasteiger partial charge in [-0.25, -0.2) is 0 Å². The Morgan fingerprint density at radius 1 is 1.25 bits per heavy atom. The van der Waals surface area contributed by atoms with Gasteiger partial charge < -0.3 is 9.63 Å². The van der Waals surface area contributed by atoms with Crippen molar-refractivity contribution in [3.63, 3.8) is 0 Å². The summed E-state index contributed by atoms with van der Waals surface area (Å²) in [6.07, 6.45) is 0. The first-order chi connectivity index (χ1) is 9.65. The predicted octanol–water partition coefficient (Wildman–Crippen LogP) is 3.09. The highest BCUT2D eigenvalue weighted by Gasteiger charge is 2.15. The Morgan fingerprint density at radius 3 is 2.80 bits per heavy atom. The Hall–Kier alpha value is -2.82. The molecule has 0 aliphatic heterocycles. The van der Waals surface area contributed by atoms with Crippen LogP contribution in [0.15, 0.2) is 47.0 Å². The molecule has 1 heterocycles. The molecule has 3 rings (SSSR count). The fraction of sp³-hybridized carbons (Fsp3) is 0.0667. The second-order valence-corrected chi connectivity index (χ2v) is 4.47. The van der Waals surface area contributed by atoms with Gasteiger partial charge in [0.15, 0.2) is 0 Å². The molecule has 0 radical (unpaired) electrons. The summed E-state index contributed by atoms with van der Waals surface area (Å²) in [4.78, 5) is 12.1. The van der Waals surface area contributed by atoms with E-state index in [0.29, 0.717) is 11.1 Å². The third-order valence-corrected chi connectivity index (χ3v) is 3.01. The Labute approximate surface area is 114 Å². The minimum absolute atomic E-state index is 0.0446. The summed E-state index contributed by atoms with van der Waals surface area (Å²) in [5, 5.41) is 17.9. The second kappa shape index (κ2) is 4.70. The van der Waals surface area contributed by atoms with Gasteiger partial charge in [0.05, 0.1) is 11.3 Å². The van der Waals surface area contributed by atoms with Crippen molar-refractivity contribution in [2.24, 2.45) is 0 Å². The molecule has 1 amide bonds. The van der Waals surface area contributed by atoms with E-state index in [-0.39, 0.29) is 17.2 Å². The molecular formula is C15H12N2O3. The molecule has 0 spiro atoms. The summed E-state index contributed by atoms with van der Waals surface area (Å²) in [5.41, 5.74) is 0.862. The van der Waals surface area contributed by atoms with E-state index >= 15 is 0 Å². The number of nitrogens with zero attached hydrogens (tertiary/aromatic N) is 1. The smallest absolute Gasteiger partial charge is 0.261 e. The zero-order valence-corrected chi connectivity index (χ0v) is 10.8. The van der Waals surface area contributed by atoms with E-state index in [9.17, 15) is 9.90 Å². The third-order valence-electron chi connectivity index (χ3n) is 3.01. The molecule has 0 atom stereocenters. The molecule has 0 saturated carbocycles. The van der Waals surface area contributed by atoms with Gasteiger partial charge in [0.1, 0.15) is 5.75 Å². The molecule has 5 nitrogen and oxygen atoms in total. The molecule has 3 aromatic rings. The van der Waals surface area contributed by atoms with E-state index in [0.717, 1.165) is 5.39 Å². The number of nitrogens with one attached hydrogen (secondary N) is 1. The largest absolute Gasteiger partial charge is 0.506 e. The summed E-state index contributed by atoms with van der Waals surface area (Å²) < 4.78 is 4.92. The molecule has 0 aliphatic rings. The summed E-state index contributed by atoms with van der Waals surface area (Å²) in [6, 6.07) is 12.3. The Kier molecular flexibility index (Phi) is 2.87. The lowest BCUT2D eigenvalue weighted by Gasteiger charge is -2.07. The topological polar surface area (TPSA) is 75.4 Å². The zero-order valence-electron chi connectivity index (χ0n) is 10.8. The van der Waals surface area contributed by atoms with Crippen LogP contribution >= 0.6 is 0 Å². The number of aromatic hydroxyl groups is 1. The van der Waals surface area contributed by atoms with Crippen molar-refractivity contribution >= 4 is 22.6 Å². The fourth-order valence-electron chi connectivity index (χ4n) is 2.04. The van der Waals surface area contributed by atoms with Crippen LogP contribution in [0, 0.1) is 6.92 Å². The van der Waals surface area contributed by atoms with Crippen LogP contribution in [0.1, 0.15) is 16.1 Å². The highest BCUT2D eigenvalue weighted by atomic mass is 16.5. The van der Waals surface area contributed by atoms with Crippen molar-refractivity contribution in [1.29, 1.82) is 0 Å². The first-order valence-electron chi connectivity index (χ1n) is 6.10. The van der Waals surface area contributed by atoms with Gasteiger partial charge in [-0.05, 0) is 18.4 Å². The van der Waals surface area contributed by atoms with Gasteiger partial charge in [0, 0.05) is 11.5 Å². The summed E-state index contributed by atoms with van der Waals surface area (Å²) in [7, 11) is 0. The highest BCUT2D eigenvalue weighted by molar-refractivity contribution is 6.09. The average Bonchev–Trinajstić information content (AvgIpc) is 2.84. The van der Waals surface area contributed by atoms with E-state index < -0.39 is 5.91 Å². The average molecular weight is 268 g/mol. The van der Waals surface area contributed by atoms with Gasteiger partial charge in [-0.2, -0.15) is 0 Å². The predicted molar refractivity (Wildman–Crippen MR) is 74.8 cm³/mol. The number of phenolic OH excluding ortho intramolecular Hbond substituents is 1. The van der Waals surface area contributed by atoms with Crippen molar-refractivity contribution in [2.45, 2.75) is 6.92 Å². The molecule has 2 aromatic carbocycles. The van der Waals surface area contributed by atoms with Gasteiger partial charge in [-0.1, -0.05) is 35.5 Å². The van der Waals surface area contributed by atoms with Crippen LogP contribution in [0.25, 0.3) is 10.8 Å². The SMILES string of the molecule is Cc1cc(NC(=O)c2ccc3ccccc3c2O)on1. The van der Waals surface area contributed by atoms with Crippen molar-refractivity contribution in [3.8, 4) is 5.75 Å². The maximum absolute atomic E-state index is 12.1. The maximum Gasteiger partial charge on any atom is 0.261 e. The lowest BCUT2D eigenvalue weighted by atomic mass is 10.0. The maximum atomic E-state index is 12.1. The quantitative estimate of drug-likeness (QED) is 0.748. The van der Waals surface area contributed by atoms with Gasteiger partial charge in [-0.15, -0.1) is 0 Å². The number of hydrogen-bond donors (Lipinski definition) is 2. The molecule has 5 heteroatoms. The molecule has 100 valence electrons. The monoisotopic (exact) mass is 268 g/mol. The highest BCUT2D eigenvalue weighted by Crippen LogP contribution is 2.29.